The van der Waals surface area contributed by atoms with E-state index in [1.54, 1.807) is 0 Å². The number of hydrogen-bond acceptors (Lipinski definition) is 1. The molecule has 0 bridgehead atoms. The summed E-state index contributed by atoms with van der Waals surface area (Å²) in [7, 11) is -1.49. The van der Waals surface area contributed by atoms with Crippen LogP contribution in [-0.2, 0) is 4.43 Å². The van der Waals surface area contributed by atoms with Crippen molar-refractivity contribution in [3.63, 3.8) is 0 Å². The summed E-state index contributed by atoms with van der Waals surface area (Å²) in [5.74, 6) is 0. The largest absolute Gasteiger partial charge is 0.413 e. The minimum atomic E-state index is -1.49. The predicted molar refractivity (Wildman–Crippen MR) is 66.6 cm³/mol. The van der Waals surface area contributed by atoms with Crippen LogP contribution >= 0.6 is 22.6 Å². The summed E-state index contributed by atoms with van der Waals surface area (Å²) in [5, 5.41) is 0.340. The van der Waals surface area contributed by atoms with Crippen LogP contribution in [0.25, 0.3) is 0 Å². The van der Waals surface area contributed by atoms with Crippen LogP contribution in [0.1, 0.15) is 27.7 Å². The smallest absolute Gasteiger partial charge is 0.192 e. The van der Waals surface area contributed by atoms with Crippen LogP contribution in [0.3, 0.4) is 0 Å². The number of hydrogen-bond donors (Lipinski definition) is 0. The van der Waals surface area contributed by atoms with E-state index in [9.17, 15) is 0 Å². The van der Waals surface area contributed by atoms with Crippen molar-refractivity contribution >= 4 is 30.9 Å². The molecule has 0 unspecified atom stereocenters. The van der Waals surface area contributed by atoms with Crippen LogP contribution < -0.4 is 0 Å². The van der Waals surface area contributed by atoms with Crippen LogP contribution in [0.4, 0.5) is 0 Å². The molecular weight excluding hydrogens is 279 g/mol. The molecule has 0 fully saturated rings. The Morgan fingerprint density at radius 3 is 2.00 bits per heavy atom. The van der Waals surface area contributed by atoms with Crippen molar-refractivity contribution in [1.29, 1.82) is 0 Å². The molecule has 1 atom stereocenters. The summed E-state index contributed by atoms with van der Waals surface area (Å²) >= 11 is 2.38. The van der Waals surface area contributed by atoms with Crippen LogP contribution in [0.5, 0.6) is 0 Å². The molecule has 0 heterocycles. The van der Waals surface area contributed by atoms with Crippen molar-refractivity contribution in [3.05, 3.63) is 0 Å². The molecule has 0 rings (SSSR count). The molecule has 0 aliphatic heterocycles. The molecule has 12 heavy (non-hydrogen) atoms. The van der Waals surface area contributed by atoms with Gasteiger partial charge in [0.2, 0.25) is 0 Å². The second-order valence-corrected chi connectivity index (χ2v) is 10.5. The summed E-state index contributed by atoms with van der Waals surface area (Å²) in [6, 6.07) is 0. The van der Waals surface area contributed by atoms with Gasteiger partial charge in [0.05, 0.1) is 6.10 Å². The first-order valence-electron chi connectivity index (χ1n) is 4.44. The first-order chi connectivity index (χ1) is 5.20. The second kappa shape index (κ2) is 4.42. The van der Waals surface area contributed by atoms with Crippen molar-refractivity contribution in [3.8, 4) is 0 Å². The summed E-state index contributed by atoms with van der Waals surface area (Å²) in [5.41, 5.74) is 0. The molecule has 74 valence electrons. The molecule has 1 nitrogen and oxygen atoms in total. The average Bonchev–Trinajstić information content (AvgIpc) is 1.84. The van der Waals surface area contributed by atoms with Gasteiger partial charge in [-0.2, -0.15) is 0 Å². The van der Waals surface area contributed by atoms with Crippen LogP contribution in [-0.4, -0.2) is 18.8 Å². The topological polar surface area (TPSA) is 9.23 Å². The van der Waals surface area contributed by atoms with Crippen molar-refractivity contribution < 1.29 is 4.43 Å². The number of halogens is 1. The van der Waals surface area contributed by atoms with Gasteiger partial charge in [-0.3, -0.25) is 0 Å². The van der Waals surface area contributed by atoms with E-state index in [4.69, 9.17) is 4.43 Å². The van der Waals surface area contributed by atoms with Gasteiger partial charge in [0.1, 0.15) is 0 Å². The quantitative estimate of drug-likeness (QED) is 0.437. The summed E-state index contributed by atoms with van der Waals surface area (Å²) in [4.78, 5) is 0. The lowest BCUT2D eigenvalue weighted by atomic mass is 10.2. The van der Waals surface area contributed by atoms with Gasteiger partial charge in [0, 0.05) is 4.43 Å². The lowest BCUT2D eigenvalue weighted by Crippen LogP contribution is -2.43. The molecule has 0 aromatic rings. The van der Waals surface area contributed by atoms with Crippen LogP contribution in [0.15, 0.2) is 0 Å². The van der Waals surface area contributed by atoms with Gasteiger partial charge in [-0.1, -0.05) is 43.4 Å². The highest BCUT2D eigenvalue weighted by Crippen LogP contribution is 2.37. The maximum absolute atomic E-state index is 6.08. The van der Waals surface area contributed by atoms with E-state index in [0.29, 0.717) is 11.1 Å². The van der Waals surface area contributed by atoms with E-state index in [0.717, 1.165) is 4.43 Å². The van der Waals surface area contributed by atoms with Gasteiger partial charge in [0.15, 0.2) is 8.32 Å². The maximum Gasteiger partial charge on any atom is 0.192 e. The van der Waals surface area contributed by atoms with Crippen LogP contribution in [0.2, 0.25) is 18.1 Å². The Balaban J connectivity index is 4.22. The summed E-state index contributed by atoms with van der Waals surface area (Å²) in [6.45, 7) is 13.6. The molecule has 0 aromatic carbocycles. The standard InChI is InChI=1S/C9H21IOSi/c1-8(7-10)11-12(5,6)9(2,3)4/h8H,7H2,1-6H3/t8-/m0/s1. The zero-order valence-electron chi connectivity index (χ0n) is 9.07. The Morgan fingerprint density at radius 1 is 1.33 bits per heavy atom. The van der Waals surface area contributed by atoms with Crippen molar-refractivity contribution in [1.82, 2.24) is 0 Å². The fourth-order valence-corrected chi connectivity index (χ4v) is 2.67. The van der Waals surface area contributed by atoms with Gasteiger partial charge in [-0.05, 0) is 25.1 Å². The number of alkyl halides is 1. The second-order valence-electron chi connectivity index (χ2n) is 4.84. The minimum absolute atomic E-state index is 0.340. The van der Waals surface area contributed by atoms with Crippen LogP contribution in [0, 0.1) is 0 Å². The molecule has 0 aliphatic rings. The molecule has 0 saturated heterocycles. The van der Waals surface area contributed by atoms with Gasteiger partial charge in [-0.15, -0.1) is 0 Å². The van der Waals surface area contributed by atoms with E-state index in [1.165, 1.54) is 0 Å². The van der Waals surface area contributed by atoms with Gasteiger partial charge in [-0.25, -0.2) is 0 Å². The van der Waals surface area contributed by atoms with E-state index in [-0.39, 0.29) is 0 Å². The Morgan fingerprint density at radius 2 is 1.75 bits per heavy atom. The first-order valence-corrected chi connectivity index (χ1v) is 8.88. The first kappa shape index (κ1) is 12.9. The predicted octanol–water partition coefficient (Wildman–Crippen LogP) is 3.83. The normalized spacial score (nSPS) is 16.2. The molecule has 0 aliphatic carbocycles. The molecule has 0 amide bonds. The molecule has 0 aromatic heterocycles. The lowest BCUT2D eigenvalue weighted by molar-refractivity contribution is 0.225. The maximum atomic E-state index is 6.08. The highest BCUT2D eigenvalue weighted by Gasteiger charge is 2.38. The molecule has 0 saturated carbocycles. The highest BCUT2D eigenvalue weighted by atomic mass is 127. The molecule has 0 N–H and O–H groups in total. The lowest BCUT2D eigenvalue weighted by Gasteiger charge is -2.38. The Labute approximate surface area is 91.5 Å². The highest BCUT2D eigenvalue weighted by molar-refractivity contribution is 14.1. The summed E-state index contributed by atoms with van der Waals surface area (Å²) < 4.78 is 7.17. The van der Waals surface area contributed by atoms with Gasteiger partial charge < -0.3 is 4.43 Å². The van der Waals surface area contributed by atoms with E-state index >= 15 is 0 Å². The van der Waals surface area contributed by atoms with E-state index in [1.807, 2.05) is 0 Å². The van der Waals surface area contributed by atoms with Crippen molar-refractivity contribution in [2.24, 2.45) is 0 Å². The van der Waals surface area contributed by atoms with E-state index in [2.05, 4.69) is 63.4 Å². The Hall–Kier alpha value is 0.907. The SMILES string of the molecule is C[C@@H](CI)O[Si](C)(C)C(C)(C)C. The fraction of sp³-hybridized carbons (Fsp3) is 1.00. The average molecular weight is 300 g/mol. The molecule has 0 radical (unpaired) electrons. The molecule has 3 heteroatoms. The van der Waals surface area contributed by atoms with Gasteiger partial charge >= 0.3 is 0 Å². The minimum Gasteiger partial charge on any atom is -0.413 e. The zero-order valence-corrected chi connectivity index (χ0v) is 12.2. The summed E-state index contributed by atoms with van der Waals surface area (Å²) in [6.07, 6.45) is 0.409. The Kier molecular flexibility index (Phi) is 4.75. The zero-order chi connectivity index (χ0) is 9.99. The van der Waals surface area contributed by atoms with Crippen molar-refractivity contribution in [2.75, 3.05) is 4.43 Å². The van der Waals surface area contributed by atoms with E-state index < -0.39 is 8.32 Å². The molecule has 0 spiro atoms. The number of rotatable bonds is 3. The van der Waals surface area contributed by atoms with Gasteiger partial charge in [0.25, 0.3) is 0 Å². The third-order valence-electron chi connectivity index (χ3n) is 2.52. The fourth-order valence-electron chi connectivity index (χ4n) is 0.711. The third-order valence-corrected chi connectivity index (χ3v) is 8.36. The molecular formula is C9H21IOSi. The monoisotopic (exact) mass is 300 g/mol. The van der Waals surface area contributed by atoms with Crippen molar-refractivity contribution in [2.45, 2.75) is 51.9 Å². The Bertz CT molecular complexity index is 140. The third kappa shape index (κ3) is 3.74.